The maximum Gasteiger partial charge on any atom is 0.303 e. The van der Waals surface area contributed by atoms with Crippen molar-refractivity contribution in [3.63, 3.8) is 0 Å². The zero-order valence-electron chi connectivity index (χ0n) is 6.62. The average molecular weight is 219 g/mol. The van der Waals surface area contributed by atoms with Crippen molar-refractivity contribution in [1.29, 1.82) is 0 Å². The number of carboxylic acid groups (broad SMARTS) is 1. The first-order valence-corrected chi connectivity index (χ1v) is 4.85. The van der Waals surface area contributed by atoms with Crippen LogP contribution in [0.2, 0.25) is 5.02 Å². The molecular weight excluding hydrogens is 212 g/mol. The first kappa shape index (κ1) is 10.2. The molecule has 1 heterocycles. The SMILES string of the molecule is O=C(O)CCC(=O)c1sccc1Cl. The molecule has 1 N–H and O–H groups in total. The fourth-order valence-electron chi connectivity index (χ4n) is 0.827. The van der Waals surface area contributed by atoms with Gasteiger partial charge in [-0.15, -0.1) is 11.3 Å². The number of ketones is 1. The van der Waals surface area contributed by atoms with Gasteiger partial charge < -0.3 is 5.11 Å². The Hall–Kier alpha value is -0.870. The fourth-order valence-corrected chi connectivity index (χ4v) is 1.96. The molecule has 0 unspecified atom stereocenters. The zero-order chi connectivity index (χ0) is 9.84. The number of Topliss-reactive ketones (excluding diaryl/α,β-unsaturated/α-hetero) is 1. The third-order valence-corrected chi connectivity index (χ3v) is 2.82. The van der Waals surface area contributed by atoms with Crippen LogP contribution in [0.25, 0.3) is 0 Å². The lowest BCUT2D eigenvalue weighted by molar-refractivity contribution is -0.136. The highest BCUT2D eigenvalue weighted by atomic mass is 35.5. The zero-order valence-corrected chi connectivity index (χ0v) is 8.19. The van der Waals surface area contributed by atoms with Crippen molar-refractivity contribution in [3.05, 3.63) is 21.3 Å². The van der Waals surface area contributed by atoms with Crippen LogP contribution in [0, 0.1) is 0 Å². The lowest BCUT2D eigenvalue weighted by Crippen LogP contribution is -2.02. The van der Waals surface area contributed by atoms with Crippen LogP contribution in [0.1, 0.15) is 22.5 Å². The number of carbonyl (C=O) groups is 2. The minimum Gasteiger partial charge on any atom is -0.481 e. The molecule has 1 aromatic heterocycles. The summed E-state index contributed by atoms with van der Waals surface area (Å²) >= 11 is 6.93. The predicted octanol–water partition coefficient (Wildman–Crippen LogP) is 2.45. The van der Waals surface area contributed by atoms with E-state index in [4.69, 9.17) is 16.7 Å². The molecule has 1 rings (SSSR count). The summed E-state index contributed by atoms with van der Waals surface area (Å²) in [5, 5.41) is 10.5. The number of aliphatic carboxylic acids is 1. The Labute approximate surface area is 84.0 Å². The Kier molecular flexibility index (Phi) is 3.45. The number of rotatable bonds is 4. The minimum atomic E-state index is -0.971. The van der Waals surface area contributed by atoms with Gasteiger partial charge >= 0.3 is 5.97 Å². The number of hydrogen-bond acceptors (Lipinski definition) is 3. The molecule has 0 aromatic carbocycles. The monoisotopic (exact) mass is 218 g/mol. The van der Waals surface area contributed by atoms with Crippen molar-refractivity contribution >= 4 is 34.7 Å². The van der Waals surface area contributed by atoms with Crippen molar-refractivity contribution in [1.82, 2.24) is 0 Å². The van der Waals surface area contributed by atoms with Crippen LogP contribution >= 0.6 is 22.9 Å². The summed E-state index contributed by atoms with van der Waals surface area (Å²) < 4.78 is 0. The third-order valence-electron chi connectivity index (χ3n) is 1.44. The molecule has 0 aliphatic rings. The van der Waals surface area contributed by atoms with E-state index in [1.807, 2.05) is 0 Å². The Morgan fingerprint density at radius 1 is 1.46 bits per heavy atom. The summed E-state index contributed by atoms with van der Waals surface area (Å²) in [7, 11) is 0. The van der Waals surface area contributed by atoms with Crippen molar-refractivity contribution in [3.8, 4) is 0 Å². The molecule has 0 fully saturated rings. The molecular formula is C8H7ClO3S. The summed E-state index contributed by atoms with van der Waals surface area (Å²) in [5.41, 5.74) is 0. The van der Waals surface area contributed by atoms with Gasteiger partial charge in [-0.25, -0.2) is 0 Å². The van der Waals surface area contributed by atoms with Crippen LogP contribution in [-0.4, -0.2) is 16.9 Å². The van der Waals surface area contributed by atoms with Gasteiger partial charge in [0.25, 0.3) is 0 Å². The molecule has 0 aliphatic carbocycles. The van der Waals surface area contributed by atoms with Gasteiger partial charge in [0.1, 0.15) is 0 Å². The van der Waals surface area contributed by atoms with E-state index in [0.29, 0.717) is 9.90 Å². The van der Waals surface area contributed by atoms with Gasteiger partial charge in [-0.3, -0.25) is 9.59 Å². The molecule has 0 radical (unpaired) electrons. The fraction of sp³-hybridized carbons (Fsp3) is 0.250. The largest absolute Gasteiger partial charge is 0.481 e. The topological polar surface area (TPSA) is 54.4 Å². The Morgan fingerprint density at radius 2 is 2.15 bits per heavy atom. The number of carboxylic acids is 1. The third kappa shape index (κ3) is 2.82. The second kappa shape index (κ2) is 4.39. The van der Waals surface area contributed by atoms with E-state index in [0.717, 1.165) is 0 Å². The van der Waals surface area contributed by atoms with Gasteiger partial charge in [0, 0.05) is 6.42 Å². The molecule has 0 aliphatic heterocycles. The number of carbonyl (C=O) groups excluding carboxylic acids is 1. The summed E-state index contributed by atoms with van der Waals surface area (Å²) in [6.45, 7) is 0. The van der Waals surface area contributed by atoms with Crippen molar-refractivity contribution in [2.24, 2.45) is 0 Å². The Balaban J connectivity index is 2.59. The number of halogens is 1. The van der Waals surface area contributed by atoms with E-state index in [1.165, 1.54) is 11.3 Å². The van der Waals surface area contributed by atoms with E-state index in [-0.39, 0.29) is 18.6 Å². The second-order valence-electron chi connectivity index (χ2n) is 2.41. The van der Waals surface area contributed by atoms with E-state index in [9.17, 15) is 9.59 Å². The Morgan fingerprint density at radius 3 is 2.62 bits per heavy atom. The van der Waals surface area contributed by atoms with Gasteiger partial charge in [-0.1, -0.05) is 11.6 Å². The molecule has 1 aromatic rings. The summed E-state index contributed by atoms with van der Waals surface area (Å²) in [6.07, 6.45) is -0.136. The molecule has 13 heavy (non-hydrogen) atoms. The highest BCUT2D eigenvalue weighted by Gasteiger charge is 2.12. The molecule has 0 amide bonds. The standard InChI is InChI=1S/C8H7ClO3S/c9-5-3-4-13-8(5)6(10)1-2-7(11)12/h3-4H,1-2H2,(H,11,12). The molecule has 0 bridgehead atoms. The molecule has 0 atom stereocenters. The highest BCUT2D eigenvalue weighted by molar-refractivity contribution is 7.12. The lowest BCUT2D eigenvalue weighted by atomic mass is 10.2. The molecule has 5 heteroatoms. The van der Waals surface area contributed by atoms with Crippen LogP contribution in [-0.2, 0) is 4.79 Å². The van der Waals surface area contributed by atoms with Crippen LogP contribution < -0.4 is 0 Å². The minimum absolute atomic E-state index is 0.00949. The summed E-state index contributed by atoms with van der Waals surface area (Å²) in [6, 6.07) is 1.63. The van der Waals surface area contributed by atoms with Crippen molar-refractivity contribution in [2.45, 2.75) is 12.8 Å². The summed E-state index contributed by atoms with van der Waals surface area (Å²) in [5.74, 6) is -1.18. The first-order valence-electron chi connectivity index (χ1n) is 3.59. The maximum atomic E-state index is 11.3. The highest BCUT2D eigenvalue weighted by Crippen LogP contribution is 2.23. The maximum absolute atomic E-state index is 11.3. The normalized spacial score (nSPS) is 9.92. The second-order valence-corrected chi connectivity index (χ2v) is 3.74. The number of thiophene rings is 1. The quantitative estimate of drug-likeness (QED) is 0.790. The van der Waals surface area contributed by atoms with Crippen LogP contribution in [0.5, 0.6) is 0 Å². The predicted molar refractivity (Wildman–Crippen MR) is 50.5 cm³/mol. The number of hydrogen-bond donors (Lipinski definition) is 1. The molecule has 0 saturated carbocycles. The van der Waals surface area contributed by atoms with Gasteiger partial charge in [0.2, 0.25) is 0 Å². The molecule has 0 spiro atoms. The van der Waals surface area contributed by atoms with Crippen molar-refractivity contribution < 1.29 is 14.7 Å². The van der Waals surface area contributed by atoms with E-state index < -0.39 is 5.97 Å². The summed E-state index contributed by atoms with van der Waals surface area (Å²) in [4.78, 5) is 21.9. The van der Waals surface area contributed by atoms with E-state index in [2.05, 4.69) is 0 Å². The lowest BCUT2D eigenvalue weighted by Gasteiger charge is -1.94. The van der Waals surface area contributed by atoms with Crippen LogP contribution in [0.4, 0.5) is 0 Å². The van der Waals surface area contributed by atoms with E-state index >= 15 is 0 Å². The van der Waals surface area contributed by atoms with E-state index in [1.54, 1.807) is 11.4 Å². The Bertz CT molecular complexity index is 332. The van der Waals surface area contributed by atoms with Gasteiger partial charge in [0.05, 0.1) is 16.3 Å². The molecule has 3 nitrogen and oxygen atoms in total. The van der Waals surface area contributed by atoms with Gasteiger partial charge in [-0.2, -0.15) is 0 Å². The van der Waals surface area contributed by atoms with Gasteiger partial charge in [-0.05, 0) is 11.4 Å². The first-order chi connectivity index (χ1) is 6.11. The van der Waals surface area contributed by atoms with Crippen LogP contribution in [0.15, 0.2) is 11.4 Å². The van der Waals surface area contributed by atoms with Crippen LogP contribution in [0.3, 0.4) is 0 Å². The molecule has 0 saturated heterocycles. The average Bonchev–Trinajstić information content (AvgIpc) is 2.47. The smallest absolute Gasteiger partial charge is 0.303 e. The molecule has 70 valence electrons. The van der Waals surface area contributed by atoms with Crippen molar-refractivity contribution in [2.75, 3.05) is 0 Å². The van der Waals surface area contributed by atoms with Gasteiger partial charge in [0.15, 0.2) is 5.78 Å².